The van der Waals surface area contributed by atoms with Crippen LogP contribution in [0.4, 0.5) is 25.0 Å². The number of rotatable bonds is 21. The molecule has 2 heterocycles. The molecular weight excluding hydrogens is 1210 g/mol. The van der Waals surface area contributed by atoms with Crippen molar-refractivity contribution in [2.45, 2.75) is 141 Å². The minimum absolute atomic E-state index is 0. The standard InChI is InChI=1S/C40H47FN6O4S.C31H31FN6O.ClH/c1-26-20-35(47(45-26)32-13-9-11-29(22-32)25-43-37(49)51-38(2,3)4)36(48)44-34-23-31(16-17-33(34)41)40(19-18-27-14-15-27,46-52(50)39(5,6)7)30-12-8-10-28(21-30)24-42;1-20-14-29(38(37-20)26-7-3-5-23(16-26)19-34)30(39)36-28-17-25(10-11-27(28)32)31(35,13-12-21-8-9-21)24-6-2-4-22(15-24)18-33;/h8-13,16-17,20-23,27,46H,14-15,18-19,25H2,1-7H3,(H,43,49)(H,44,48);2-7,10-11,14-17,21H,8-9,12-13,19,34-35H2,1H3,(H,36,39);1H/t40?,52-;;/m0../s1. The molecule has 2 saturated carbocycles. The first-order chi connectivity index (χ1) is 43.3. The highest BCUT2D eigenvalue weighted by Crippen LogP contribution is 2.44. The molecule has 2 fully saturated rings. The van der Waals surface area contributed by atoms with E-state index in [0.717, 1.165) is 47.9 Å². The Morgan fingerprint density at radius 1 is 0.630 bits per heavy atom. The predicted octanol–water partition coefficient (Wildman–Crippen LogP) is 13.7. The van der Waals surface area contributed by atoms with Gasteiger partial charge in [0.05, 0.1) is 84.2 Å². The summed E-state index contributed by atoms with van der Waals surface area (Å²) in [7, 11) is -1.55. The van der Waals surface area contributed by atoms with Crippen LogP contribution >= 0.6 is 12.4 Å². The summed E-state index contributed by atoms with van der Waals surface area (Å²) in [5, 5.41) is 36.5. The first kappa shape index (κ1) is 69.0. The average Bonchev–Trinajstić information content (AvgIpc) is 1.54. The Bertz CT molecular complexity index is 4120. The van der Waals surface area contributed by atoms with Crippen LogP contribution in [0.5, 0.6) is 0 Å². The van der Waals surface area contributed by atoms with E-state index in [9.17, 15) is 29.1 Å². The average molecular weight is 1290 g/mol. The van der Waals surface area contributed by atoms with Gasteiger partial charge in [0.2, 0.25) is 0 Å². The summed E-state index contributed by atoms with van der Waals surface area (Å²) in [5.41, 5.74) is 18.5. The number of aryl methyl sites for hydroxylation is 2. The lowest BCUT2D eigenvalue weighted by atomic mass is 9.79. The quantitative estimate of drug-likeness (QED) is 0.0394. The van der Waals surface area contributed by atoms with E-state index in [1.54, 1.807) is 120 Å². The summed E-state index contributed by atoms with van der Waals surface area (Å²) < 4.78 is 55.7. The number of carbonyl (C=O) groups is 3. The van der Waals surface area contributed by atoms with Gasteiger partial charge in [0.1, 0.15) is 28.6 Å². The molecule has 480 valence electrons. The fourth-order valence-corrected chi connectivity index (χ4v) is 11.7. The molecule has 0 radical (unpaired) electrons. The second kappa shape index (κ2) is 29.2. The summed E-state index contributed by atoms with van der Waals surface area (Å²) in [4.78, 5) is 39.6. The van der Waals surface area contributed by atoms with Gasteiger partial charge >= 0.3 is 6.09 Å². The van der Waals surface area contributed by atoms with Crippen molar-refractivity contribution < 1.29 is 32.1 Å². The van der Waals surface area contributed by atoms with Crippen LogP contribution in [0.3, 0.4) is 0 Å². The Balaban J connectivity index is 0.000000243. The molecule has 3 atom stereocenters. The van der Waals surface area contributed by atoms with Crippen LogP contribution in [-0.4, -0.2) is 52.0 Å². The van der Waals surface area contributed by atoms with Crippen molar-refractivity contribution in [1.82, 2.24) is 29.6 Å². The van der Waals surface area contributed by atoms with Crippen LogP contribution in [0, 0.1) is 60.0 Å². The predicted molar refractivity (Wildman–Crippen MR) is 357 cm³/mol. The Morgan fingerprint density at radius 2 is 1.09 bits per heavy atom. The smallest absolute Gasteiger partial charge is 0.407 e. The number of anilines is 2. The van der Waals surface area contributed by atoms with Gasteiger partial charge < -0.3 is 32.2 Å². The minimum atomic E-state index is -1.55. The van der Waals surface area contributed by atoms with Crippen molar-refractivity contribution in [2.24, 2.45) is 23.3 Å². The summed E-state index contributed by atoms with van der Waals surface area (Å²) in [6.07, 6.45) is 6.96. The van der Waals surface area contributed by atoms with Crippen LogP contribution in [-0.2, 0) is 39.9 Å². The van der Waals surface area contributed by atoms with Crippen LogP contribution in [0.1, 0.15) is 170 Å². The number of ether oxygens (including phenoxy) is 1. The number of amides is 3. The Hall–Kier alpha value is -8.89. The largest absolute Gasteiger partial charge is 0.444 e. The summed E-state index contributed by atoms with van der Waals surface area (Å²) in [5.74, 6) is -1.15. The molecule has 8 N–H and O–H groups in total. The van der Waals surface area contributed by atoms with Crippen molar-refractivity contribution in [2.75, 3.05) is 10.6 Å². The fraction of sp³-hybridized carbons (Fsp3) is 0.338. The number of nitrogens with one attached hydrogen (secondary N) is 4. The first-order valence-corrected chi connectivity index (χ1v) is 31.6. The van der Waals surface area contributed by atoms with Crippen LogP contribution < -0.4 is 32.1 Å². The van der Waals surface area contributed by atoms with Gasteiger partial charge in [-0.05, 0) is 211 Å². The molecular formula is C71H79ClF2N12O5S. The van der Waals surface area contributed by atoms with E-state index in [2.05, 4.69) is 43.0 Å². The van der Waals surface area contributed by atoms with E-state index in [-0.39, 0.29) is 41.7 Å². The van der Waals surface area contributed by atoms with Crippen molar-refractivity contribution in [3.63, 3.8) is 0 Å². The van der Waals surface area contributed by atoms with E-state index in [1.165, 1.54) is 34.3 Å². The first-order valence-electron chi connectivity index (χ1n) is 30.5. The van der Waals surface area contributed by atoms with Crippen molar-refractivity contribution >= 4 is 52.7 Å². The molecule has 8 aromatic rings. The molecule has 2 aromatic heterocycles. The molecule has 0 bridgehead atoms. The van der Waals surface area contributed by atoms with Crippen LogP contribution in [0.15, 0.2) is 146 Å². The van der Waals surface area contributed by atoms with Gasteiger partial charge in [-0.1, -0.05) is 86.3 Å². The van der Waals surface area contributed by atoms with E-state index in [0.29, 0.717) is 76.2 Å². The van der Waals surface area contributed by atoms with Gasteiger partial charge in [-0.3, -0.25) is 9.59 Å². The van der Waals surface area contributed by atoms with Gasteiger partial charge in [-0.15, -0.1) is 12.4 Å². The highest BCUT2D eigenvalue weighted by Gasteiger charge is 2.41. The van der Waals surface area contributed by atoms with Crippen LogP contribution in [0.25, 0.3) is 11.4 Å². The topological polar surface area (TPSA) is 261 Å². The minimum Gasteiger partial charge on any atom is -0.444 e. The monoisotopic (exact) mass is 1280 g/mol. The van der Waals surface area contributed by atoms with Gasteiger partial charge in [0, 0.05) is 13.1 Å². The number of carbonyl (C=O) groups excluding carboxylic acids is 3. The number of hydrogen-bond acceptors (Lipinski definition) is 11. The number of nitrogens with zero attached hydrogens (tertiary/aromatic N) is 6. The number of nitrogens with two attached hydrogens (primary N) is 2. The lowest BCUT2D eigenvalue weighted by molar-refractivity contribution is 0.0523. The third-order valence-corrected chi connectivity index (χ3v) is 17.7. The lowest BCUT2D eigenvalue weighted by Crippen LogP contribution is -2.49. The second-order valence-corrected chi connectivity index (χ2v) is 27.5. The second-order valence-electron chi connectivity index (χ2n) is 25.6. The van der Waals surface area contributed by atoms with E-state index in [1.807, 2.05) is 69.3 Å². The molecule has 3 amide bonds. The molecule has 0 spiro atoms. The maximum Gasteiger partial charge on any atom is 0.407 e. The summed E-state index contributed by atoms with van der Waals surface area (Å²) in [6, 6.07) is 45.8. The zero-order valence-electron chi connectivity index (χ0n) is 53.0. The molecule has 6 aromatic carbocycles. The molecule has 2 aliphatic rings. The van der Waals surface area contributed by atoms with Crippen molar-refractivity contribution in [3.05, 3.63) is 225 Å². The number of benzene rings is 6. The molecule has 92 heavy (non-hydrogen) atoms. The molecule has 10 rings (SSSR count). The molecule has 17 nitrogen and oxygen atoms in total. The zero-order chi connectivity index (χ0) is 65.4. The third-order valence-electron chi connectivity index (χ3n) is 16.0. The van der Waals surface area contributed by atoms with E-state index in [4.69, 9.17) is 16.2 Å². The van der Waals surface area contributed by atoms with Gasteiger partial charge in [-0.25, -0.2) is 31.9 Å². The normalized spacial score (nSPS) is 14.5. The molecule has 21 heteroatoms. The number of aromatic nitrogens is 4. The van der Waals surface area contributed by atoms with Gasteiger partial charge in [-0.2, -0.15) is 20.7 Å². The van der Waals surface area contributed by atoms with E-state index >= 15 is 8.78 Å². The Kier molecular flexibility index (Phi) is 21.9. The highest BCUT2D eigenvalue weighted by atomic mass is 35.5. The zero-order valence-corrected chi connectivity index (χ0v) is 54.7. The Labute approximate surface area is 545 Å². The molecule has 2 unspecified atom stereocenters. The summed E-state index contributed by atoms with van der Waals surface area (Å²) in [6.45, 7) is 15.1. The number of nitriles is 2. The molecule has 0 saturated heterocycles. The summed E-state index contributed by atoms with van der Waals surface area (Å²) >= 11 is 0. The SMILES string of the molecule is Cc1cc(C(=O)Nc2cc(C(CCC3CC3)(N[S@@](=O)C(C)(C)C)c3cccc(C#N)c3)ccc2F)n(-c2cccc(CNC(=O)OC(C)(C)C)c2)n1.Cc1cc(C(=O)Nc2cc(C(N)(CCC3CC3)c3cccc(C#N)c3)ccc2F)n(-c2cccc(CN)c2)n1.Cl. The number of halogens is 3. The Morgan fingerprint density at radius 3 is 1.60 bits per heavy atom. The maximum absolute atomic E-state index is 15.7. The van der Waals surface area contributed by atoms with Crippen LogP contribution in [0.2, 0.25) is 0 Å². The van der Waals surface area contributed by atoms with Gasteiger partial charge in [0.15, 0.2) is 0 Å². The third kappa shape index (κ3) is 17.2. The number of alkyl carbamates (subject to hydrolysis) is 1. The molecule has 2 aliphatic carbocycles. The number of hydrogen-bond donors (Lipinski definition) is 6. The van der Waals surface area contributed by atoms with E-state index < -0.39 is 62.0 Å². The highest BCUT2D eigenvalue weighted by molar-refractivity contribution is 7.84. The molecule has 0 aliphatic heterocycles. The van der Waals surface area contributed by atoms with Crippen molar-refractivity contribution in [1.29, 1.82) is 10.5 Å². The van der Waals surface area contributed by atoms with Crippen molar-refractivity contribution in [3.8, 4) is 23.5 Å². The van der Waals surface area contributed by atoms with Gasteiger partial charge in [0.25, 0.3) is 11.8 Å². The fourth-order valence-electron chi connectivity index (χ4n) is 10.8. The lowest BCUT2D eigenvalue weighted by Gasteiger charge is -2.38. The maximum atomic E-state index is 15.7.